The van der Waals surface area contributed by atoms with E-state index in [1.54, 1.807) is 6.08 Å². The Bertz CT molecular complexity index is 764. The third-order valence-corrected chi connectivity index (χ3v) is 7.40. The van der Waals surface area contributed by atoms with Crippen LogP contribution in [0.2, 0.25) is 0 Å². The second-order valence-corrected chi connectivity index (χ2v) is 7.98. The molecule has 3 saturated carbocycles. The molecule has 23 heavy (non-hydrogen) atoms. The number of carbonyl (C=O) groups is 1. The van der Waals surface area contributed by atoms with Crippen LogP contribution in [0.1, 0.15) is 71.4 Å². The third kappa shape index (κ3) is 1.96. The molecule has 4 aliphatic rings. The van der Waals surface area contributed by atoms with Gasteiger partial charge in [-0.3, -0.25) is 4.79 Å². The largest absolute Gasteiger partial charge is 0.377 e. The summed E-state index contributed by atoms with van der Waals surface area (Å²) in [7, 11) is 0. The van der Waals surface area contributed by atoms with Crippen molar-refractivity contribution < 1.29 is 16.8 Å². The first kappa shape index (κ1) is 10.7. The molecule has 4 rings (SSSR count). The number of terminal acetylenes is 1. The number of fused-ring (bicyclic) bond motifs is 5. The van der Waals surface area contributed by atoms with Crippen LogP contribution in [0.4, 0.5) is 0 Å². The average Bonchev–Trinajstić information content (AvgIpc) is 2.95. The van der Waals surface area contributed by atoms with E-state index in [1.165, 1.54) is 5.57 Å². The first-order valence-electron chi connectivity index (χ1n) is 11.4. The summed E-state index contributed by atoms with van der Waals surface area (Å²) in [5.41, 5.74) is -1.97. The summed E-state index contributed by atoms with van der Waals surface area (Å²) in [4.78, 5) is 11.8. The van der Waals surface area contributed by atoms with E-state index >= 15 is 0 Å². The van der Waals surface area contributed by atoms with Gasteiger partial charge in [-0.1, -0.05) is 18.3 Å². The van der Waals surface area contributed by atoms with E-state index < -0.39 is 24.2 Å². The zero-order valence-corrected chi connectivity index (χ0v) is 13.5. The summed E-state index contributed by atoms with van der Waals surface area (Å²) in [5.74, 6) is 3.16. The van der Waals surface area contributed by atoms with Crippen LogP contribution in [-0.4, -0.2) is 16.5 Å². The molecule has 2 heteroatoms. The predicted molar refractivity (Wildman–Crippen MR) is 90.5 cm³/mol. The van der Waals surface area contributed by atoms with E-state index in [0.29, 0.717) is 31.1 Å². The second kappa shape index (κ2) is 5.21. The maximum atomic E-state index is 11.8. The van der Waals surface area contributed by atoms with Crippen molar-refractivity contribution >= 4 is 5.78 Å². The lowest BCUT2D eigenvalue weighted by Crippen LogP contribution is -2.53. The number of hydrogen-bond acceptors (Lipinski definition) is 2. The van der Waals surface area contributed by atoms with Crippen molar-refractivity contribution in [2.75, 3.05) is 0 Å². The number of ketones is 1. The van der Waals surface area contributed by atoms with Gasteiger partial charge in [-0.05, 0) is 81.1 Å². The van der Waals surface area contributed by atoms with Crippen LogP contribution in [0.15, 0.2) is 11.6 Å². The Balaban J connectivity index is 1.78. The molecule has 0 saturated heterocycles. The number of aliphatic hydroxyl groups is 1. The summed E-state index contributed by atoms with van der Waals surface area (Å²) in [6, 6.07) is 0. The van der Waals surface area contributed by atoms with Gasteiger partial charge in [0, 0.05) is 18.7 Å². The van der Waals surface area contributed by atoms with Crippen LogP contribution >= 0.6 is 0 Å². The summed E-state index contributed by atoms with van der Waals surface area (Å²) < 4.78 is 41.0. The van der Waals surface area contributed by atoms with Crippen molar-refractivity contribution in [2.24, 2.45) is 29.1 Å². The molecule has 4 aliphatic carbocycles. The van der Waals surface area contributed by atoms with Gasteiger partial charge in [0.25, 0.3) is 0 Å². The van der Waals surface area contributed by atoms with E-state index in [-0.39, 0.29) is 30.5 Å². The number of rotatable bonds is 1. The van der Waals surface area contributed by atoms with Crippen molar-refractivity contribution in [3.8, 4) is 12.3 Å². The molecule has 0 radical (unpaired) electrons. The molecule has 0 aromatic rings. The number of allylic oxidation sites excluding steroid dienone is 1. The molecule has 0 aliphatic heterocycles. The van der Waals surface area contributed by atoms with E-state index in [1.807, 2.05) is 0 Å². The van der Waals surface area contributed by atoms with Crippen LogP contribution in [0.5, 0.6) is 0 Å². The molecule has 0 aromatic carbocycles. The molecule has 124 valence electrons. The van der Waals surface area contributed by atoms with E-state index in [4.69, 9.17) is 13.3 Å². The van der Waals surface area contributed by atoms with E-state index in [9.17, 15) is 9.90 Å². The summed E-state index contributed by atoms with van der Waals surface area (Å²) in [6.45, 7) is -2.86. The zero-order valence-electron chi connectivity index (χ0n) is 18.5. The molecule has 0 unspecified atom stereocenters. The van der Waals surface area contributed by atoms with Gasteiger partial charge in [0.05, 0.1) is 0 Å². The van der Waals surface area contributed by atoms with Gasteiger partial charge in [-0.2, -0.15) is 0 Å². The van der Waals surface area contributed by atoms with E-state index in [2.05, 4.69) is 5.92 Å². The Morgan fingerprint density at radius 2 is 2.22 bits per heavy atom. The minimum Gasteiger partial charge on any atom is -0.377 e. The monoisotopic (exact) mass is 317 g/mol. The fourth-order valence-corrected chi connectivity index (χ4v) is 6.34. The zero-order chi connectivity index (χ0) is 20.5. The van der Waals surface area contributed by atoms with Crippen LogP contribution in [-0.2, 0) is 4.79 Å². The molecule has 0 aromatic heterocycles. The highest BCUT2D eigenvalue weighted by atomic mass is 16.3. The fourth-order valence-electron chi connectivity index (χ4n) is 6.34. The Kier molecular flexibility index (Phi) is 2.43. The Labute approximate surface area is 146 Å². The van der Waals surface area contributed by atoms with Crippen LogP contribution in [0.25, 0.3) is 0 Å². The topological polar surface area (TPSA) is 37.3 Å². The van der Waals surface area contributed by atoms with Crippen molar-refractivity contribution in [3.63, 3.8) is 0 Å². The smallest absolute Gasteiger partial charge is 0.155 e. The maximum Gasteiger partial charge on any atom is 0.155 e. The molecule has 0 amide bonds. The van der Waals surface area contributed by atoms with Crippen molar-refractivity contribution in [1.82, 2.24) is 0 Å². The lowest BCUT2D eigenvalue weighted by Gasteiger charge is -2.55. The van der Waals surface area contributed by atoms with Crippen LogP contribution in [0, 0.1) is 41.4 Å². The molecule has 1 N–H and O–H groups in total. The van der Waals surface area contributed by atoms with Gasteiger partial charge in [-0.15, -0.1) is 6.42 Å². The van der Waals surface area contributed by atoms with Crippen molar-refractivity contribution in [1.29, 1.82) is 0 Å². The quantitative estimate of drug-likeness (QED) is 0.745. The minimum atomic E-state index is -2.86. The van der Waals surface area contributed by atoms with E-state index in [0.717, 1.165) is 19.3 Å². The summed E-state index contributed by atoms with van der Waals surface area (Å²) in [6.07, 6.45) is 9.67. The molecular formula is C21H28O2. The highest BCUT2D eigenvalue weighted by molar-refractivity contribution is 5.91. The third-order valence-electron chi connectivity index (χ3n) is 7.40. The summed E-state index contributed by atoms with van der Waals surface area (Å²) in [5, 5.41) is 11.3. The Morgan fingerprint density at radius 3 is 3.00 bits per heavy atom. The minimum absolute atomic E-state index is 0.143. The van der Waals surface area contributed by atoms with Crippen molar-refractivity contribution in [3.05, 3.63) is 11.6 Å². The fraction of sp³-hybridized carbons (Fsp3) is 0.762. The first-order chi connectivity index (χ1) is 13.0. The van der Waals surface area contributed by atoms with Crippen molar-refractivity contribution in [2.45, 2.75) is 70.2 Å². The standard InChI is InChI=1S/C21H28O2/c1-3-20-11-9-17-16-8-6-15(22)13-14(16)5-7-18(17)19(20)10-12-21(20,23)4-2/h2,13,16-19,23H,3,5-12H2,1H3/t16-,17+,18+,19-,20-,21-/m0/s1/i1D3,3D2. The van der Waals surface area contributed by atoms with Gasteiger partial charge in [0.1, 0.15) is 5.60 Å². The molecule has 0 heterocycles. The normalized spacial score (nSPS) is 53.1. The number of hydrogen-bond donors (Lipinski definition) is 1. The lowest BCUT2D eigenvalue weighted by molar-refractivity contribution is -0.117. The van der Waals surface area contributed by atoms with Gasteiger partial charge in [0.15, 0.2) is 5.78 Å². The van der Waals surface area contributed by atoms with Gasteiger partial charge < -0.3 is 5.11 Å². The molecule has 2 nitrogen and oxygen atoms in total. The van der Waals surface area contributed by atoms with Gasteiger partial charge >= 0.3 is 0 Å². The number of carbonyl (C=O) groups excluding carboxylic acids is 1. The highest BCUT2D eigenvalue weighted by Gasteiger charge is 2.63. The Morgan fingerprint density at radius 1 is 1.35 bits per heavy atom. The Hall–Kier alpha value is -1.07. The molecule has 0 spiro atoms. The van der Waals surface area contributed by atoms with Crippen LogP contribution < -0.4 is 0 Å². The van der Waals surface area contributed by atoms with Gasteiger partial charge in [0.2, 0.25) is 0 Å². The lowest BCUT2D eigenvalue weighted by atomic mass is 9.49. The average molecular weight is 317 g/mol. The second-order valence-electron chi connectivity index (χ2n) is 7.98. The first-order valence-corrected chi connectivity index (χ1v) is 8.92. The SMILES string of the molecule is [2H]C([2H])([2H])C([2H])([2H])[C@]12CC[C@H]3[C@@H](CCC4=CC(=O)CC[C@@H]43)[C@@H]1CC[C@@]2(O)C#C. The maximum absolute atomic E-state index is 11.8. The molecule has 3 fully saturated rings. The molecular weight excluding hydrogens is 284 g/mol. The van der Waals surface area contributed by atoms with Gasteiger partial charge in [-0.25, -0.2) is 0 Å². The summed E-state index contributed by atoms with van der Waals surface area (Å²) >= 11 is 0. The highest BCUT2D eigenvalue weighted by Crippen LogP contribution is 2.66. The molecule has 6 atom stereocenters. The molecule has 0 bridgehead atoms. The van der Waals surface area contributed by atoms with Crippen LogP contribution in [0.3, 0.4) is 0 Å². The predicted octanol–water partition coefficient (Wildman–Crippen LogP) is 3.88.